The van der Waals surface area contributed by atoms with Crippen LogP contribution in [-0.4, -0.2) is 15.2 Å². The largest absolute Gasteiger partial charge is 0.259 e. The summed E-state index contributed by atoms with van der Waals surface area (Å²) in [4.78, 5) is 0. The molecule has 1 saturated heterocycles. The zero-order valence-corrected chi connectivity index (χ0v) is 7.03. The maximum absolute atomic E-state index is 11.2. The lowest BCUT2D eigenvalue weighted by molar-refractivity contribution is 0.609. The molecule has 0 radical (unpaired) electrons. The summed E-state index contributed by atoms with van der Waals surface area (Å²) in [7, 11) is -0.549. The molecule has 0 amide bonds. The van der Waals surface area contributed by atoms with Crippen molar-refractivity contribution < 1.29 is 4.21 Å². The summed E-state index contributed by atoms with van der Waals surface area (Å²) < 4.78 is 11.2. The van der Waals surface area contributed by atoms with Crippen molar-refractivity contribution in [1.29, 1.82) is 0 Å². The maximum Gasteiger partial charge on any atom is 0.0382 e. The minimum absolute atomic E-state index is 0.422. The first-order chi connectivity index (χ1) is 4.84. The molecular weight excluding hydrogens is 144 g/mol. The zero-order valence-electron chi connectivity index (χ0n) is 6.21. The van der Waals surface area contributed by atoms with Gasteiger partial charge >= 0.3 is 0 Å². The standard InChI is InChI=1S/C8H14OS/c1-2-5-8-6-3-4-7-10(8)9/h2,8H,1,3-7H2. The Morgan fingerprint density at radius 2 is 2.40 bits per heavy atom. The molecule has 1 nitrogen and oxygen atoms in total. The molecule has 58 valence electrons. The average molecular weight is 158 g/mol. The highest BCUT2D eigenvalue weighted by Gasteiger charge is 2.18. The van der Waals surface area contributed by atoms with Gasteiger partial charge in [-0.15, -0.1) is 6.58 Å². The molecule has 1 aliphatic rings. The molecular formula is C8H14OS. The summed E-state index contributed by atoms with van der Waals surface area (Å²) in [5.41, 5.74) is 0. The molecule has 0 spiro atoms. The Morgan fingerprint density at radius 1 is 1.60 bits per heavy atom. The Labute approximate surface area is 65.0 Å². The van der Waals surface area contributed by atoms with Crippen molar-refractivity contribution in [3.63, 3.8) is 0 Å². The fraction of sp³-hybridized carbons (Fsp3) is 0.750. The normalized spacial score (nSPS) is 33.6. The fourth-order valence-electron chi connectivity index (χ4n) is 1.33. The van der Waals surface area contributed by atoms with E-state index in [-0.39, 0.29) is 0 Å². The minimum Gasteiger partial charge on any atom is -0.259 e. The molecule has 0 bridgehead atoms. The van der Waals surface area contributed by atoms with Crippen LogP contribution in [0.25, 0.3) is 0 Å². The number of hydrogen-bond donors (Lipinski definition) is 0. The van der Waals surface area contributed by atoms with Gasteiger partial charge in [-0.1, -0.05) is 12.5 Å². The van der Waals surface area contributed by atoms with Gasteiger partial charge in [0.15, 0.2) is 0 Å². The van der Waals surface area contributed by atoms with Crippen LogP contribution in [0, 0.1) is 0 Å². The van der Waals surface area contributed by atoms with E-state index in [2.05, 4.69) is 6.58 Å². The lowest BCUT2D eigenvalue weighted by atomic mass is 10.1. The van der Waals surface area contributed by atoms with Crippen LogP contribution in [0.3, 0.4) is 0 Å². The van der Waals surface area contributed by atoms with Gasteiger partial charge in [0.2, 0.25) is 0 Å². The van der Waals surface area contributed by atoms with Crippen LogP contribution in [0.1, 0.15) is 25.7 Å². The smallest absolute Gasteiger partial charge is 0.0382 e. The Hall–Kier alpha value is -0.110. The van der Waals surface area contributed by atoms with Crippen LogP contribution in [-0.2, 0) is 10.8 Å². The second-order valence-corrected chi connectivity index (χ2v) is 4.56. The van der Waals surface area contributed by atoms with Crippen LogP contribution < -0.4 is 0 Å². The Bertz CT molecular complexity index is 142. The lowest BCUT2D eigenvalue weighted by Gasteiger charge is -2.19. The first-order valence-electron chi connectivity index (χ1n) is 3.82. The van der Waals surface area contributed by atoms with Crippen LogP contribution >= 0.6 is 0 Å². The topological polar surface area (TPSA) is 17.1 Å². The van der Waals surface area contributed by atoms with E-state index in [4.69, 9.17) is 0 Å². The van der Waals surface area contributed by atoms with E-state index in [0.717, 1.165) is 25.0 Å². The molecule has 0 aromatic carbocycles. The molecule has 2 atom stereocenters. The van der Waals surface area contributed by atoms with E-state index in [1.807, 2.05) is 6.08 Å². The van der Waals surface area contributed by atoms with E-state index in [1.165, 1.54) is 6.42 Å². The molecule has 0 aliphatic carbocycles. The van der Waals surface area contributed by atoms with E-state index in [9.17, 15) is 4.21 Å². The summed E-state index contributed by atoms with van der Waals surface area (Å²) in [5, 5.41) is 0.422. The van der Waals surface area contributed by atoms with Gasteiger partial charge in [-0.3, -0.25) is 4.21 Å². The summed E-state index contributed by atoms with van der Waals surface area (Å²) >= 11 is 0. The third kappa shape index (κ3) is 1.94. The number of allylic oxidation sites excluding steroid dienone is 1. The molecule has 2 unspecified atom stereocenters. The van der Waals surface area contributed by atoms with Crippen molar-refractivity contribution in [2.75, 3.05) is 5.75 Å². The third-order valence-electron chi connectivity index (χ3n) is 1.92. The summed E-state index contributed by atoms with van der Waals surface area (Å²) in [6.45, 7) is 3.65. The predicted octanol–water partition coefficient (Wildman–Crippen LogP) is 1.86. The van der Waals surface area contributed by atoms with E-state index in [1.54, 1.807) is 0 Å². The minimum atomic E-state index is -0.549. The second kappa shape index (κ2) is 3.91. The number of hydrogen-bond acceptors (Lipinski definition) is 1. The van der Waals surface area contributed by atoms with Crippen LogP contribution in [0.4, 0.5) is 0 Å². The SMILES string of the molecule is C=CCC1CCCCS1=O. The van der Waals surface area contributed by atoms with Gasteiger partial charge in [0.05, 0.1) is 0 Å². The maximum atomic E-state index is 11.2. The van der Waals surface area contributed by atoms with E-state index in [0.29, 0.717) is 5.25 Å². The molecule has 10 heavy (non-hydrogen) atoms. The second-order valence-electron chi connectivity index (χ2n) is 2.73. The van der Waals surface area contributed by atoms with Crippen molar-refractivity contribution in [3.05, 3.63) is 12.7 Å². The van der Waals surface area contributed by atoms with E-state index < -0.39 is 10.8 Å². The Balaban J connectivity index is 2.39. The first-order valence-corrected chi connectivity index (χ1v) is 5.21. The predicted molar refractivity (Wildman–Crippen MR) is 45.5 cm³/mol. The third-order valence-corrected chi connectivity index (χ3v) is 3.79. The molecule has 0 N–H and O–H groups in total. The molecule has 0 aromatic heterocycles. The molecule has 1 rings (SSSR count). The molecule has 0 saturated carbocycles. The highest BCUT2D eigenvalue weighted by molar-refractivity contribution is 7.85. The van der Waals surface area contributed by atoms with Crippen molar-refractivity contribution in [3.8, 4) is 0 Å². The van der Waals surface area contributed by atoms with Gasteiger partial charge in [-0.05, 0) is 19.3 Å². The van der Waals surface area contributed by atoms with Gasteiger partial charge in [-0.25, -0.2) is 0 Å². The first kappa shape index (κ1) is 7.99. The molecule has 0 aromatic rings. The zero-order chi connectivity index (χ0) is 7.40. The fourth-order valence-corrected chi connectivity index (χ4v) is 2.93. The van der Waals surface area contributed by atoms with E-state index >= 15 is 0 Å². The summed E-state index contributed by atoms with van der Waals surface area (Å²) in [6.07, 6.45) is 6.36. The molecule has 1 heterocycles. The van der Waals surface area contributed by atoms with Crippen LogP contribution in [0.5, 0.6) is 0 Å². The molecule has 1 fully saturated rings. The van der Waals surface area contributed by atoms with Crippen molar-refractivity contribution in [1.82, 2.24) is 0 Å². The molecule has 2 heteroatoms. The van der Waals surface area contributed by atoms with Gasteiger partial charge in [0.25, 0.3) is 0 Å². The monoisotopic (exact) mass is 158 g/mol. The van der Waals surface area contributed by atoms with Crippen molar-refractivity contribution in [2.45, 2.75) is 30.9 Å². The molecule has 1 aliphatic heterocycles. The Morgan fingerprint density at radius 3 is 3.00 bits per heavy atom. The van der Waals surface area contributed by atoms with Gasteiger partial charge in [0.1, 0.15) is 0 Å². The van der Waals surface area contributed by atoms with Crippen LogP contribution in [0.2, 0.25) is 0 Å². The Kier molecular flexibility index (Phi) is 3.13. The van der Waals surface area contributed by atoms with Crippen LogP contribution in [0.15, 0.2) is 12.7 Å². The summed E-state index contributed by atoms with van der Waals surface area (Å²) in [6, 6.07) is 0. The highest BCUT2D eigenvalue weighted by atomic mass is 32.2. The highest BCUT2D eigenvalue weighted by Crippen LogP contribution is 2.18. The van der Waals surface area contributed by atoms with Gasteiger partial charge < -0.3 is 0 Å². The quantitative estimate of drug-likeness (QED) is 0.561. The lowest BCUT2D eigenvalue weighted by Crippen LogP contribution is -2.21. The number of rotatable bonds is 2. The van der Waals surface area contributed by atoms with Gasteiger partial charge in [-0.2, -0.15) is 0 Å². The average Bonchev–Trinajstić information content (AvgIpc) is 1.94. The van der Waals surface area contributed by atoms with Gasteiger partial charge in [0, 0.05) is 21.8 Å². The van der Waals surface area contributed by atoms with Crippen molar-refractivity contribution in [2.24, 2.45) is 0 Å². The van der Waals surface area contributed by atoms with Crippen molar-refractivity contribution >= 4 is 10.8 Å². The summed E-state index contributed by atoms with van der Waals surface area (Å²) in [5.74, 6) is 0.915.